The summed E-state index contributed by atoms with van der Waals surface area (Å²) >= 11 is 1.74. The molecule has 0 aliphatic carbocycles. The summed E-state index contributed by atoms with van der Waals surface area (Å²) in [6, 6.07) is 6.30. The van der Waals surface area contributed by atoms with Crippen molar-refractivity contribution in [2.24, 2.45) is 0 Å². The molecule has 0 aromatic carbocycles. The number of thiophene rings is 1. The number of nitrogens with one attached hydrogen (secondary N) is 1. The van der Waals surface area contributed by atoms with E-state index in [-0.39, 0.29) is 0 Å². The number of hydrogen-bond donors (Lipinski definition) is 1. The molecule has 4 rings (SSSR count). The van der Waals surface area contributed by atoms with Crippen LogP contribution in [-0.2, 0) is 6.54 Å². The van der Waals surface area contributed by atoms with Crippen molar-refractivity contribution in [3.8, 4) is 0 Å². The lowest BCUT2D eigenvalue weighted by Crippen LogP contribution is -2.27. The molecule has 3 nitrogen and oxygen atoms in total. The quantitative estimate of drug-likeness (QED) is 0.769. The van der Waals surface area contributed by atoms with Gasteiger partial charge in [0.05, 0.1) is 0 Å². The number of hydrogen-bond acceptors (Lipinski definition) is 3. The van der Waals surface area contributed by atoms with E-state index in [0.29, 0.717) is 0 Å². The van der Waals surface area contributed by atoms with E-state index in [1.807, 2.05) is 12.3 Å². The van der Waals surface area contributed by atoms with E-state index in [2.05, 4.69) is 62.2 Å². The van der Waals surface area contributed by atoms with E-state index in [1.54, 1.807) is 11.3 Å². The number of pyridine rings is 1. The first-order valence-electron chi connectivity index (χ1n) is 7.91. The molecule has 0 amide bonds. The average molecular weight is 321 g/mol. The largest absolute Gasteiger partial charge is 0.346 e. The Bertz CT molecular complexity index is 843. The van der Waals surface area contributed by atoms with Gasteiger partial charge in [-0.15, -0.1) is 0 Å². The standard InChI is InChI=1S/C19H19N3S/c1-2-18-17(12-21-19(18)20-8-1)13-22-9-5-15(6-10-22)3-4-16-7-11-23-14-16/h1-5,7-8,11-12,14H,6,9-10,13H2,(H,20,21). The zero-order valence-corrected chi connectivity index (χ0v) is 13.7. The van der Waals surface area contributed by atoms with Crippen molar-refractivity contribution < 1.29 is 0 Å². The van der Waals surface area contributed by atoms with Crippen LogP contribution in [0.25, 0.3) is 17.1 Å². The third-order valence-electron chi connectivity index (χ3n) is 4.29. The molecule has 0 bridgehead atoms. The predicted molar refractivity (Wildman–Crippen MR) is 97.4 cm³/mol. The number of aromatic nitrogens is 2. The van der Waals surface area contributed by atoms with E-state index in [1.165, 1.54) is 22.1 Å². The molecule has 0 radical (unpaired) electrons. The van der Waals surface area contributed by atoms with Crippen LogP contribution in [0, 0.1) is 0 Å². The van der Waals surface area contributed by atoms with E-state index in [4.69, 9.17) is 0 Å². The van der Waals surface area contributed by atoms with Crippen LogP contribution in [0.1, 0.15) is 17.5 Å². The molecule has 0 fully saturated rings. The van der Waals surface area contributed by atoms with Gasteiger partial charge in [-0.2, -0.15) is 11.3 Å². The summed E-state index contributed by atoms with van der Waals surface area (Å²) < 4.78 is 0. The van der Waals surface area contributed by atoms with Gasteiger partial charge in [0, 0.05) is 37.4 Å². The Labute approximate surface area is 140 Å². The molecule has 0 unspecified atom stereocenters. The Kier molecular flexibility index (Phi) is 4.09. The average Bonchev–Trinajstić information content (AvgIpc) is 3.25. The highest BCUT2D eigenvalue weighted by Gasteiger charge is 2.13. The van der Waals surface area contributed by atoms with Crippen LogP contribution in [0.2, 0.25) is 0 Å². The highest BCUT2D eigenvalue weighted by atomic mass is 32.1. The summed E-state index contributed by atoms with van der Waals surface area (Å²) in [5, 5.41) is 5.53. The van der Waals surface area contributed by atoms with E-state index in [9.17, 15) is 0 Å². The van der Waals surface area contributed by atoms with Gasteiger partial charge in [-0.1, -0.05) is 18.2 Å². The zero-order valence-electron chi connectivity index (χ0n) is 12.9. The number of allylic oxidation sites excluding steroid dienone is 1. The maximum Gasteiger partial charge on any atom is 0.137 e. The van der Waals surface area contributed by atoms with Crippen molar-refractivity contribution >= 4 is 28.4 Å². The summed E-state index contributed by atoms with van der Waals surface area (Å²) in [4.78, 5) is 10.1. The van der Waals surface area contributed by atoms with Gasteiger partial charge in [0.1, 0.15) is 5.65 Å². The SMILES string of the molecule is C(=Cc1ccsc1)C1=CCN(Cc2c[nH]c3ncccc23)CC1. The number of fused-ring (bicyclic) bond motifs is 1. The molecule has 0 saturated heterocycles. The minimum Gasteiger partial charge on any atom is -0.346 e. The second-order valence-corrected chi connectivity index (χ2v) is 6.65. The Balaban J connectivity index is 1.41. The van der Waals surface area contributed by atoms with Gasteiger partial charge in [0.15, 0.2) is 0 Å². The van der Waals surface area contributed by atoms with Crippen LogP contribution >= 0.6 is 11.3 Å². The van der Waals surface area contributed by atoms with Crippen molar-refractivity contribution in [2.45, 2.75) is 13.0 Å². The Morgan fingerprint density at radius 2 is 2.30 bits per heavy atom. The third-order valence-corrected chi connectivity index (χ3v) is 4.99. The molecule has 4 heterocycles. The molecule has 4 heteroatoms. The molecule has 23 heavy (non-hydrogen) atoms. The van der Waals surface area contributed by atoms with Gasteiger partial charge in [-0.25, -0.2) is 4.98 Å². The van der Waals surface area contributed by atoms with Crippen molar-refractivity contribution in [1.29, 1.82) is 0 Å². The van der Waals surface area contributed by atoms with Crippen molar-refractivity contribution in [1.82, 2.24) is 14.9 Å². The molecule has 1 aliphatic rings. The van der Waals surface area contributed by atoms with Gasteiger partial charge in [0.25, 0.3) is 0 Å². The summed E-state index contributed by atoms with van der Waals surface area (Å²) in [6.07, 6.45) is 11.9. The fourth-order valence-corrected chi connectivity index (χ4v) is 3.61. The third kappa shape index (κ3) is 3.28. The first-order valence-corrected chi connectivity index (χ1v) is 8.85. The lowest BCUT2D eigenvalue weighted by Gasteiger charge is -2.25. The van der Waals surface area contributed by atoms with E-state index < -0.39 is 0 Å². The first-order chi connectivity index (χ1) is 11.4. The molecule has 1 N–H and O–H groups in total. The maximum atomic E-state index is 4.36. The van der Waals surface area contributed by atoms with Crippen molar-refractivity contribution in [2.75, 3.05) is 13.1 Å². The van der Waals surface area contributed by atoms with Crippen LogP contribution in [0.15, 0.2) is 59.1 Å². The topological polar surface area (TPSA) is 31.9 Å². The summed E-state index contributed by atoms with van der Waals surface area (Å²) in [7, 11) is 0. The Morgan fingerprint density at radius 1 is 1.30 bits per heavy atom. The molecular weight excluding hydrogens is 302 g/mol. The maximum absolute atomic E-state index is 4.36. The van der Waals surface area contributed by atoms with Crippen LogP contribution in [-0.4, -0.2) is 28.0 Å². The molecule has 116 valence electrons. The summed E-state index contributed by atoms with van der Waals surface area (Å²) in [5.74, 6) is 0. The molecule has 3 aromatic heterocycles. The molecule has 0 saturated carbocycles. The number of rotatable bonds is 4. The molecule has 1 aliphatic heterocycles. The van der Waals surface area contributed by atoms with Gasteiger partial charge in [0.2, 0.25) is 0 Å². The predicted octanol–water partition coefficient (Wildman–Crippen LogP) is 4.47. The number of aromatic amines is 1. The first kappa shape index (κ1) is 14.4. The Hall–Kier alpha value is -2.17. The second-order valence-electron chi connectivity index (χ2n) is 5.87. The van der Waals surface area contributed by atoms with Crippen LogP contribution in [0.3, 0.4) is 0 Å². The molecule has 3 aromatic rings. The van der Waals surface area contributed by atoms with Crippen LogP contribution in [0.5, 0.6) is 0 Å². The smallest absolute Gasteiger partial charge is 0.137 e. The van der Waals surface area contributed by atoms with Crippen molar-refractivity contribution in [3.05, 3.63) is 70.2 Å². The molecule has 0 spiro atoms. The van der Waals surface area contributed by atoms with Gasteiger partial charge < -0.3 is 4.98 Å². The Morgan fingerprint density at radius 3 is 3.13 bits per heavy atom. The number of nitrogens with zero attached hydrogens (tertiary/aromatic N) is 2. The zero-order chi connectivity index (χ0) is 15.5. The molecule has 0 atom stereocenters. The summed E-state index contributed by atoms with van der Waals surface area (Å²) in [6.45, 7) is 3.09. The van der Waals surface area contributed by atoms with Gasteiger partial charge in [-0.05, 0) is 52.1 Å². The lowest BCUT2D eigenvalue weighted by molar-refractivity contribution is 0.288. The minimum absolute atomic E-state index is 0.976. The summed E-state index contributed by atoms with van der Waals surface area (Å²) in [5.41, 5.74) is 5.05. The van der Waals surface area contributed by atoms with E-state index >= 15 is 0 Å². The lowest BCUT2D eigenvalue weighted by atomic mass is 10.1. The van der Waals surface area contributed by atoms with E-state index in [0.717, 1.165) is 31.7 Å². The number of H-pyrrole nitrogens is 1. The highest BCUT2D eigenvalue weighted by Crippen LogP contribution is 2.20. The van der Waals surface area contributed by atoms with Gasteiger partial charge >= 0.3 is 0 Å². The normalized spacial score (nSPS) is 16.3. The monoisotopic (exact) mass is 321 g/mol. The van der Waals surface area contributed by atoms with Crippen LogP contribution in [0.4, 0.5) is 0 Å². The minimum atomic E-state index is 0.976. The molecular formula is C19H19N3S. The fraction of sp³-hybridized carbons (Fsp3) is 0.211. The highest BCUT2D eigenvalue weighted by molar-refractivity contribution is 7.08. The van der Waals surface area contributed by atoms with Crippen molar-refractivity contribution in [3.63, 3.8) is 0 Å². The fourth-order valence-electron chi connectivity index (χ4n) is 2.98. The van der Waals surface area contributed by atoms with Crippen LogP contribution < -0.4 is 0 Å². The second kappa shape index (κ2) is 6.52. The van der Waals surface area contributed by atoms with Gasteiger partial charge in [-0.3, -0.25) is 4.90 Å².